The second-order valence-corrected chi connectivity index (χ2v) is 8.29. The van der Waals surface area contributed by atoms with Crippen molar-refractivity contribution in [1.82, 2.24) is 20.2 Å². The minimum absolute atomic E-state index is 0.282. The number of hydrogen-bond acceptors (Lipinski definition) is 7. The van der Waals surface area contributed by atoms with Crippen LogP contribution in [0.4, 0.5) is 5.69 Å². The Morgan fingerprint density at radius 3 is 2.87 bits per heavy atom. The Morgan fingerprint density at radius 2 is 2.17 bits per heavy atom. The van der Waals surface area contributed by atoms with Gasteiger partial charge < -0.3 is 10.1 Å². The number of fused-ring (bicyclic) bond motifs is 1. The molecule has 2 aromatic rings. The number of anilines is 1. The zero-order valence-corrected chi connectivity index (χ0v) is 19.0. The number of ether oxygens (including phenoxy) is 1. The van der Waals surface area contributed by atoms with E-state index in [1.54, 1.807) is 13.0 Å². The van der Waals surface area contributed by atoms with Gasteiger partial charge in [-0.3, -0.25) is 10.3 Å². The summed E-state index contributed by atoms with van der Waals surface area (Å²) < 4.78 is 7.11. The molecule has 4 rings (SSSR count). The molecule has 2 N–H and O–H groups in total. The first-order valence-electron chi connectivity index (χ1n) is 10.6. The smallest absolute Gasteiger partial charge is 0.346 e. The Balaban J connectivity index is 1.77. The lowest BCUT2D eigenvalue weighted by Gasteiger charge is -2.25. The summed E-state index contributed by atoms with van der Waals surface area (Å²) >= 11 is 3.40. The van der Waals surface area contributed by atoms with E-state index in [1.165, 1.54) is 19.3 Å². The summed E-state index contributed by atoms with van der Waals surface area (Å²) in [6.45, 7) is 4.87. The van der Waals surface area contributed by atoms with E-state index < -0.39 is 11.6 Å². The first-order valence-corrected chi connectivity index (χ1v) is 11.8. The molecule has 0 bridgehead atoms. The van der Waals surface area contributed by atoms with Crippen LogP contribution in [0.2, 0.25) is 0 Å². The number of nitrogens with zero attached hydrogens (tertiary/aromatic N) is 3. The highest BCUT2D eigenvalue weighted by molar-refractivity contribution is 9.09. The monoisotopic (exact) mass is 477 g/mol. The number of nitrogens with one attached hydrogen (secondary N) is 2. The third kappa shape index (κ3) is 3.80. The van der Waals surface area contributed by atoms with Crippen LogP contribution in [-0.4, -0.2) is 44.3 Å². The first-order chi connectivity index (χ1) is 14.6. The molecule has 1 atom stereocenters. The average molecular weight is 478 g/mol. The summed E-state index contributed by atoms with van der Waals surface area (Å²) in [5, 5.41) is 9.49. The Labute approximate surface area is 184 Å². The third-order valence-electron chi connectivity index (χ3n) is 5.75. The molecule has 9 heteroatoms. The van der Waals surface area contributed by atoms with Crippen molar-refractivity contribution >= 4 is 44.3 Å². The second kappa shape index (κ2) is 8.93. The maximum Gasteiger partial charge on any atom is 0.346 e. The third-order valence-corrected chi connectivity index (χ3v) is 6.58. The van der Waals surface area contributed by atoms with Crippen LogP contribution in [0, 0.1) is 0 Å². The lowest BCUT2D eigenvalue weighted by Crippen LogP contribution is -2.42. The zero-order chi connectivity index (χ0) is 21.1. The van der Waals surface area contributed by atoms with E-state index in [-0.39, 0.29) is 11.9 Å². The summed E-state index contributed by atoms with van der Waals surface area (Å²) in [5.74, 6) is -0.431. The Morgan fingerprint density at radius 1 is 1.37 bits per heavy atom. The molecule has 30 heavy (non-hydrogen) atoms. The van der Waals surface area contributed by atoms with E-state index >= 15 is 0 Å². The van der Waals surface area contributed by atoms with Gasteiger partial charge in [-0.25, -0.2) is 14.5 Å². The average Bonchev–Trinajstić information content (AvgIpc) is 3.40. The maximum absolute atomic E-state index is 12.5. The van der Waals surface area contributed by atoms with Crippen molar-refractivity contribution in [3.8, 4) is 0 Å². The van der Waals surface area contributed by atoms with Gasteiger partial charge in [0, 0.05) is 29.7 Å². The van der Waals surface area contributed by atoms with E-state index in [0.29, 0.717) is 11.7 Å². The van der Waals surface area contributed by atoms with Gasteiger partial charge in [-0.05, 0) is 32.8 Å². The van der Waals surface area contributed by atoms with Crippen LogP contribution in [-0.2, 0) is 20.9 Å². The quantitative estimate of drug-likeness (QED) is 0.463. The number of carbonyl (C=O) groups excluding carboxylic acids is 1. The van der Waals surface area contributed by atoms with Gasteiger partial charge in [-0.1, -0.05) is 35.2 Å². The molecule has 8 nitrogen and oxygen atoms in total. The molecule has 0 amide bonds. The lowest BCUT2D eigenvalue weighted by atomic mass is 9.94. The SMILES string of the molecule is CCOC(=O)C1(CBr)C=C(c2cnc3c(cnn3CC)c2NC2CCCCC2)NO1. The van der Waals surface area contributed by atoms with Gasteiger partial charge in [-0.2, -0.15) is 5.10 Å². The van der Waals surface area contributed by atoms with E-state index in [1.807, 2.05) is 17.1 Å². The first kappa shape index (κ1) is 21.1. The van der Waals surface area contributed by atoms with Crippen molar-refractivity contribution < 1.29 is 14.4 Å². The van der Waals surface area contributed by atoms with Crippen LogP contribution in [0.3, 0.4) is 0 Å². The van der Waals surface area contributed by atoms with E-state index in [0.717, 1.165) is 41.7 Å². The summed E-state index contributed by atoms with van der Waals surface area (Å²) in [6.07, 6.45) is 11.5. The van der Waals surface area contributed by atoms with Crippen LogP contribution in [0.1, 0.15) is 51.5 Å². The molecule has 2 aliphatic rings. The van der Waals surface area contributed by atoms with Crippen LogP contribution < -0.4 is 10.8 Å². The van der Waals surface area contributed by atoms with E-state index in [2.05, 4.69) is 43.7 Å². The minimum Gasteiger partial charge on any atom is -0.464 e. The molecule has 0 saturated heterocycles. The molecule has 0 radical (unpaired) electrons. The highest BCUT2D eigenvalue weighted by Gasteiger charge is 2.44. The highest BCUT2D eigenvalue weighted by atomic mass is 79.9. The summed E-state index contributed by atoms with van der Waals surface area (Å²) in [7, 11) is 0. The molecule has 162 valence electrons. The fraction of sp³-hybridized carbons (Fsp3) is 0.571. The molecule has 0 aromatic carbocycles. The van der Waals surface area contributed by atoms with Crippen molar-refractivity contribution in [3.05, 3.63) is 24.0 Å². The van der Waals surface area contributed by atoms with Gasteiger partial charge in [-0.15, -0.1) is 0 Å². The number of pyridine rings is 1. The molecule has 3 heterocycles. The number of alkyl halides is 1. The lowest BCUT2D eigenvalue weighted by molar-refractivity contribution is -0.165. The number of aromatic nitrogens is 3. The molecular formula is C21H28BrN5O3. The molecule has 2 aromatic heterocycles. The van der Waals surface area contributed by atoms with E-state index in [4.69, 9.17) is 9.57 Å². The largest absolute Gasteiger partial charge is 0.464 e. The van der Waals surface area contributed by atoms with Crippen molar-refractivity contribution in [2.24, 2.45) is 0 Å². The number of hydrogen-bond donors (Lipinski definition) is 2. The predicted octanol–water partition coefficient (Wildman–Crippen LogP) is 3.77. The van der Waals surface area contributed by atoms with Gasteiger partial charge in [0.05, 0.1) is 29.6 Å². The fourth-order valence-corrected chi connectivity index (χ4v) is 4.62. The van der Waals surface area contributed by atoms with Gasteiger partial charge >= 0.3 is 5.97 Å². The Kier molecular flexibility index (Phi) is 6.29. The van der Waals surface area contributed by atoms with Gasteiger partial charge in [0.2, 0.25) is 5.60 Å². The summed E-state index contributed by atoms with van der Waals surface area (Å²) in [6, 6.07) is 0.405. The maximum atomic E-state index is 12.5. The van der Waals surface area contributed by atoms with Gasteiger partial charge in [0.1, 0.15) is 0 Å². The molecule has 0 spiro atoms. The topological polar surface area (TPSA) is 90.3 Å². The van der Waals surface area contributed by atoms with Gasteiger partial charge in [0.15, 0.2) is 5.65 Å². The molecule has 1 saturated carbocycles. The van der Waals surface area contributed by atoms with Crippen molar-refractivity contribution in [2.45, 2.75) is 64.1 Å². The summed E-state index contributed by atoms with van der Waals surface area (Å²) in [4.78, 5) is 22.9. The Bertz CT molecular complexity index is 954. The van der Waals surface area contributed by atoms with Crippen molar-refractivity contribution in [2.75, 3.05) is 17.3 Å². The molecular weight excluding hydrogens is 450 g/mol. The van der Waals surface area contributed by atoms with Crippen LogP contribution in [0.5, 0.6) is 0 Å². The second-order valence-electron chi connectivity index (χ2n) is 7.73. The van der Waals surface area contributed by atoms with Gasteiger partial charge in [0.25, 0.3) is 0 Å². The fourth-order valence-electron chi connectivity index (χ4n) is 4.11. The molecule has 1 aliphatic heterocycles. The normalized spacial score (nSPS) is 22.0. The molecule has 1 aliphatic carbocycles. The number of aryl methyl sites for hydroxylation is 1. The minimum atomic E-state index is -1.21. The Hall–Kier alpha value is -2.13. The standard InChI is InChI=1S/C21H28BrN5O3/c1-3-27-19-16(12-24-27)18(25-14-8-6-5-7-9-14)15(11-23-19)17-10-21(13-22,30-26-17)20(28)29-4-2/h10-12,14,26H,3-9,13H2,1-2H3,(H,23,25). The highest BCUT2D eigenvalue weighted by Crippen LogP contribution is 2.36. The number of halogens is 1. The van der Waals surface area contributed by atoms with Crippen molar-refractivity contribution in [1.29, 1.82) is 0 Å². The summed E-state index contributed by atoms with van der Waals surface area (Å²) in [5.41, 5.74) is 5.10. The van der Waals surface area contributed by atoms with Crippen LogP contribution in [0.15, 0.2) is 18.5 Å². The zero-order valence-electron chi connectivity index (χ0n) is 17.4. The van der Waals surface area contributed by atoms with Crippen molar-refractivity contribution in [3.63, 3.8) is 0 Å². The predicted molar refractivity (Wildman–Crippen MR) is 119 cm³/mol. The number of rotatable bonds is 7. The molecule has 1 unspecified atom stereocenters. The molecule has 1 fully saturated rings. The number of esters is 1. The van der Waals surface area contributed by atoms with E-state index in [9.17, 15) is 4.79 Å². The van der Waals surface area contributed by atoms with Crippen LogP contribution in [0.25, 0.3) is 16.7 Å². The number of hydroxylamine groups is 1. The van der Waals surface area contributed by atoms with Crippen LogP contribution >= 0.6 is 15.9 Å². The number of carbonyl (C=O) groups is 1.